The quantitative estimate of drug-likeness (QED) is 0.261. The van der Waals surface area contributed by atoms with E-state index >= 15 is 0 Å². The van der Waals surface area contributed by atoms with Crippen molar-refractivity contribution in [2.24, 2.45) is 0 Å². The molecule has 4 aromatic rings. The molecule has 0 fully saturated rings. The third-order valence-electron chi connectivity index (χ3n) is 6.50. The SMILES string of the molecule is COCc1cc(-c2ccccc2)c2c(C)c1N(NCCCC(=O)OC)C(=O)c1cccc(c1)-c1noc-2n1. The van der Waals surface area contributed by atoms with Gasteiger partial charge in [-0.25, -0.2) is 10.4 Å². The lowest BCUT2D eigenvalue weighted by Gasteiger charge is -2.29. The van der Waals surface area contributed by atoms with Gasteiger partial charge in [0.2, 0.25) is 5.82 Å². The molecule has 0 saturated carbocycles. The molecule has 2 heterocycles. The van der Waals surface area contributed by atoms with E-state index in [1.807, 2.05) is 49.4 Å². The maximum atomic E-state index is 14.0. The monoisotopic (exact) mass is 512 g/mol. The molecule has 1 N–H and O–H groups in total. The van der Waals surface area contributed by atoms with Crippen LogP contribution in [0.5, 0.6) is 0 Å². The highest BCUT2D eigenvalue weighted by Gasteiger charge is 2.29. The van der Waals surface area contributed by atoms with Gasteiger partial charge in [-0.3, -0.25) is 9.59 Å². The van der Waals surface area contributed by atoms with Gasteiger partial charge in [0.15, 0.2) is 0 Å². The zero-order valence-corrected chi connectivity index (χ0v) is 21.5. The number of hydrogen-bond donors (Lipinski definition) is 1. The number of carbonyl (C=O) groups excluding carboxylic acids is 2. The highest BCUT2D eigenvalue weighted by Crippen LogP contribution is 2.42. The van der Waals surface area contributed by atoms with Gasteiger partial charge in [-0.2, -0.15) is 4.98 Å². The first-order valence-electron chi connectivity index (χ1n) is 12.3. The van der Waals surface area contributed by atoms with Crippen molar-refractivity contribution in [1.29, 1.82) is 0 Å². The maximum Gasteiger partial charge on any atom is 0.305 e. The molecule has 1 aromatic heterocycles. The average Bonchev–Trinajstić information content (AvgIpc) is 3.43. The minimum atomic E-state index is -0.305. The van der Waals surface area contributed by atoms with Gasteiger partial charge in [0.25, 0.3) is 11.8 Å². The van der Waals surface area contributed by atoms with Crippen LogP contribution in [0.3, 0.4) is 0 Å². The topological polar surface area (TPSA) is 107 Å². The van der Waals surface area contributed by atoms with E-state index in [0.29, 0.717) is 41.5 Å². The number of ether oxygens (including phenoxy) is 2. The Balaban J connectivity index is 1.74. The summed E-state index contributed by atoms with van der Waals surface area (Å²) in [5.74, 6) is 0.191. The number of esters is 1. The average molecular weight is 513 g/mol. The van der Waals surface area contributed by atoms with Gasteiger partial charge in [-0.1, -0.05) is 47.6 Å². The zero-order valence-electron chi connectivity index (χ0n) is 21.5. The summed E-state index contributed by atoms with van der Waals surface area (Å²) >= 11 is 0. The number of hydrogen-bond acceptors (Lipinski definition) is 8. The second kappa shape index (κ2) is 11.0. The molecule has 0 radical (unpaired) electrons. The van der Waals surface area contributed by atoms with Crippen LogP contribution >= 0.6 is 0 Å². The summed E-state index contributed by atoms with van der Waals surface area (Å²) in [6.45, 7) is 2.56. The number of nitrogens with one attached hydrogen (secondary N) is 1. The van der Waals surface area contributed by atoms with Crippen LogP contribution < -0.4 is 10.4 Å². The highest BCUT2D eigenvalue weighted by atomic mass is 16.5. The summed E-state index contributed by atoms with van der Waals surface area (Å²) < 4.78 is 16.1. The number of aromatic nitrogens is 2. The Kier molecular flexibility index (Phi) is 7.30. The molecule has 9 heteroatoms. The lowest BCUT2D eigenvalue weighted by atomic mass is 9.91. The predicted molar refractivity (Wildman–Crippen MR) is 142 cm³/mol. The molecule has 1 amide bonds. The number of benzene rings is 3. The number of carbonyl (C=O) groups is 2. The summed E-state index contributed by atoms with van der Waals surface area (Å²) in [7, 11) is 2.98. The fraction of sp³-hybridized carbons (Fsp3) is 0.241. The van der Waals surface area contributed by atoms with Crippen molar-refractivity contribution in [2.45, 2.75) is 26.4 Å². The first-order valence-corrected chi connectivity index (χ1v) is 12.3. The molecule has 0 unspecified atom stereocenters. The molecule has 0 saturated heterocycles. The Morgan fingerprint density at radius 2 is 1.79 bits per heavy atom. The molecular formula is C29H28N4O5. The van der Waals surface area contributed by atoms with E-state index in [4.69, 9.17) is 19.0 Å². The molecule has 1 aliphatic heterocycles. The standard InChI is InChI=1S/C29H28N4O5/c1-18-25-23(19-9-5-4-6-10-19)16-22(17-36-2)26(18)33(30-14-8-13-24(34)37-3)29(35)21-12-7-11-20(15-21)27-31-28(25)38-32-27/h4-7,9-12,15-16,30H,8,13-14,17H2,1-3H3. The van der Waals surface area contributed by atoms with Gasteiger partial charge in [0.05, 0.1) is 25.0 Å². The molecule has 9 nitrogen and oxygen atoms in total. The van der Waals surface area contributed by atoms with E-state index < -0.39 is 0 Å². The van der Waals surface area contributed by atoms with E-state index in [0.717, 1.165) is 27.8 Å². The largest absolute Gasteiger partial charge is 0.469 e. The van der Waals surface area contributed by atoms with Crippen LogP contribution in [0.1, 0.15) is 34.3 Å². The molecule has 0 atom stereocenters. The maximum absolute atomic E-state index is 14.0. The van der Waals surface area contributed by atoms with E-state index in [1.165, 1.54) is 7.11 Å². The summed E-state index contributed by atoms with van der Waals surface area (Å²) in [5, 5.41) is 5.77. The molecular weight excluding hydrogens is 484 g/mol. The van der Waals surface area contributed by atoms with Crippen molar-refractivity contribution in [2.75, 3.05) is 25.8 Å². The Morgan fingerprint density at radius 1 is 1.03 bits per heavy atom. The van der Waals surface area contributed by atoms with Crippen molar-refractivity contribution < 1.29 is 23.6 Å². The number of fused-ring (bicyclic) bond motifs is 8. The number of hydrazine groups is 1. The minimum Gasteiger partial charge on any atom is -0.469 e. The third kappa shape index (κ3) is 4.81. The highest BCUT2D eigenvalue weighted by molar-refractivity contribution is 6.08. The third-order valence-corrected chi connectivity index (χ3v) is 6.50. The Morgan fingerprint density at radius 3 is 2.55 bits per heavy atom. The lowest BCUT2D eigenvalue weighted by Crippen LogP contribution is -2.45. The van der Waals surface area contributed by atoms with Crippen molar-refractivity contribution >= 4 is 17.6 Å². The fourth-order valence-electron chi connectivity index (χ4n) is 4.71. The minimum absolute atomic E-state index is 0.230. The Hall–Kier alpha value is -4.34. The molecule has 3 aromatic carbocycles. The first-order chi connectivity index (χ1) is 18.5. The predicted octanol–water partition coefficient (Wildman–Crippen LogP) is 4.94. The summed E-state index contributed by atoms with van der Waals surface area (Å²) in [5.41, 5.74) is 9.18. The van der Waals surface area contributed by atoms with Crippen LogP contribution in [0.2, 0.25) is 0 Å². The summed E-state index contributed by atoms with van der Waals surface area (Å²) in [6.07, 6.45) is 0.713. The van der Waals surface area contributed by atoms with Crippen molar-refractivity contribution in [3.8, 4) is 34.0 Å². The first kappa shape index (κ1) is 25.3. The van der Waals surface area contributed by atoms with E-state index in [1.54, 1.807) is 30.3 Å². The number of nitrogens with zero attached hydrogens (tertiary/aromatic N) is 3. The smallest absolute Gasteiger partial charge is 0.305 e. The summed E-state index contributed by atoms with van der Waals surface area (Å²) in [6, 6.07) is 19.1. The normalized spacial score (nSPS) is 12.3. The van der Waals surface area contributed by atoms with Gasteiger partial charge in [-0.05, 0) is 48.2 Å². The van der Waals surface area contributed by atoms with Gasteiger partial charge in [0, 0.05) is 36.8 Å². The molecule has 1 aliphatic rings. The van der Waals surface area contributed by atoms with Gasteiger partial charge >= 0.3 is 5.97 Å². The van der Waals surface area contributed by atoms with Gasteiger partial charge < -0.3 is 14.0 Å². The van der Waals surface area contributed by atoms with Crippen LogP contribution in [-0.2, 0) is 20.9 Å². The molecule has 0 spiro atoms. The van der Waals surface area contributed by atoms with Crippen LogP contribution in [0.4, 0.5) is 5.69 Å². The van der Waals surface area contributed by atoms with Crippen molar-refractivity contribution in [3.63, 3.8) is 0 Å². The molecule has 0 aliphatic carbocycles. The molecule has 194 valence electrons. The molecule has 38 heavy (non-hydrogen) atoms. The zero-order chi connectivity index (χ0) is 26.6. The van der Waals surface area contributed by atoms with Crippen LogP contribution in [0.25, 0.3) is 34.0 Å². The lowest BCUT2D eigenvalue weighted by molar-refractivity contribution is -0.140. The number of methoxy groups -OCH3 is 2. The number of amides is 1. The van der Waals surface area contributed by atoms with Crippen LogP contribution in [-0.4, -0.2) is 42.8 Å². The Bertz CT molecular complexity index is 1480. The van der Waals surface area contributed by atoms with Gasteiger partial charge in [0.1, 0.15) is 0 Å². The van der Waals surface area contributed by atoms with Crippen molar-refractivity contribution in [1.82, 2.24) is 15.6 Å². The Labute approximate surface area is 220 Å². The summed E-state index contributed by atoms with van der Waals surface area (Å²) in [4.78, 5) is 30.4. The van der Waals surface area contributed by atoms with E-state index in [9.17, 15) is 9.59 Å². The van der Waals surface area contributed by atoms with E-state index in [2.05, 4.69) is 10.6 Å². The second-order valence-electron chi connectivity index (χ2n) is 8.96. The van der Waals surface area contributed by atoms with Crippen LogP contribution in [0.15, 0.2) is 65.2 Å². The van der Waals surface area contributed by atoms with Crippen LogP contribution in [0, 0.1) is 6.92 Å². The second-order valence-corrected chi connectivity index (χ2v) is 8.96. The number of anilines is 1. The molecule has 5 rings (SSSR count). The number of rotatable bonds is 8. The van der Waals surface area contributed by atoms with E-state index in [-0.39, 0.29) is 24.9 Å². The molecule has 6 bridgehead atoms. The fourth-order valence-corrected chi connectivity index (χ4v) is 4.71. The van der Waals surface area contributed by atoms with Gasteiger partial charge in [-0.15, -0.1) is 0 Å². The van der Waals surface area contributed by atoms with Crippen molar-refractivity contribution in [3.05, 3.63) is 77.4 Å².